The zero-order valence-corrected chi connectivity index (χ0v) is 7.13. The molecular formula is C2H8Cl4Ge. The van der Waals surface area contributed by atoms with E-state index in [0.29, 0.717) is 0 Å². The van der Waals surface area contributed by atoms with Crippen molar-refractivity contribution in [1.82, 2.24) is 0 Å². The summed E-state index contributed by atoms with van der Waals surface area (Å²) in [6.45, 7) is 0. The third-order valence-electron chi connectivity index (χ3n) is 0. The summed E-state index contributed by atoms with van der Waals surface area (Å²) in [5, 5.41) is 0. The summed E-state index contributed by atoms with van der Waals surface area (Å²) in [5.41, 5.74) is 0. The van der Waals surface area contributed by atoms with Crippen molar-refractivity contribution in [3.8, 4) is 0 Å². The molecule has 0 bridgehead atoms. The van der Waals surface area contributed by atoms with E-state index >= 15 is 0 Å². The van der Waals surface area contributed by atoms with Gasteiger partial charge < -0.3 is 0 Å². The molecule has 0 radical (unpaired) electrons. The van der Waals surface area contributed by atoms with Gasteiger partial charge in [0.25, 0.3) is 0 Å². The topological polar surface area (TPSA) is 0 Å². The van der Waals surface area contributed by atoms with Gasteiger partial charge in [0.1, 0.15) is 0 Å². The van der Waals surface area contributed by atoms with E-state index in [1.54, 1.807) is 0 Å². The third-order valence-corrected chi connectivity index (χ3v) is 0. The number of hydrogen-bond acceptors (Lipinski definition) is 0. The maximum absolute atomic E-state index is 5.01. The second-order valence-electron chi connectivity index (χ2n) is 0.429. The molecule has 0 aromatic carbocycles. The standard InChI is InChI=1S/2CH4.Cl4Ge/c;;1-5(2,3)4/h2*1H4;. The van der Waals surface area contributed by atoms with Crippen LogP contribution in [-0.2, 0) is 0 Å². The van der Waals surface area contributed by atoms with Crippen LogP contribution < -0.4 is 0 Å². The van der Waals surface area contributed by atoms with Gasteiger partial charge in [0.05, 0.1) is 0 Å². The molecule has 0 heterocycles. The number of halogens is 4. The van der Waals surface area contributed by atoms with Crippen LogP contribution in [0.5, 0.6) is 0 Å². The average Bonchev–Trinajstić information content (AvgIpc) is 0.722. The second kappa shape index (κ2) is 5.83. The molecule has 0 aliphatic carbocycles. The monoisotopic (exact) mass is 246 g/mol. The molecule has 0 aliphatic heterocycles. The maximum atomic E-state index is 5.01. The molecule has 0 aromatic rings. The van der Waals surface area contributed by atoms with Crippen LogP contribution in [0.3, 0.4) is 0 Å². The Morgan fingerprint density at radius 1 is 0.714 bits per heavy atom. The van der Waals surface area contributed by atoms with E-state index in [2.05, 4.69) is 0 Å². The molecule has 0 fully saturated rings. The summed E-state index contributed by atoms with van der Waals surface area (Å²) >= 11 is 0. The summed E-state index contributed by atoms with van der Waals surface area (Å²) in [6, 6.07) is 0. The van der Waals surface area contributed by atoms with Crippen LogP contribution in [0.4, 0.5) is 0 Å². The van der Waals surface area contributed by atoms with Crippen LogP contribution in [0.2, 0.25) is 0 Å². The van der Waals surface area contributed by atoms with Crippen molar-refractivity contribution in [2.75, 3.05) is 0 Å². The zero-order valence-electron chi connectivity index (χ0n) is 2.01. The van der Waals surface area contributed by atoms with E-state index < -0.39 is 9.55 Å². The van der Waals surface area contributed by atoms with Crippen LogP contribution in [0, 0.1) is 0 Å². The summed E-state index contributed by atoms with van der Waals surface area (Å²) < 4.78 is 0. The summed E-state index contributed by atoms with van der Waals surface area (Å²) in [5.74, 6) is 0. The summed E-state index contributed by atoms with van der Waals surface area (Å²) in [4.78, 5) is 0. The molecule has 0 saturated carbocycles. The van der Waals surface area contributed by atoms with E-state index in [1.807, 2.05) is 0 Å². The molecule has 0 spiro atoms. The van der Waals surface area contributed by atoms with Crippen LogP contribution in [0.25, 0.3) is 0 Å². The van der Waals surface area contributed by atoms with Gasteiger partial charge in [0.2, 0.25) is 0 Å². The third kappa shape index (κ3) is 86.4. The van der Waals surface area contributed by atoms with Gasteiger partial charge in [-0.05, 0) is 0 Å². The van der Waals surface area contributed by atoms with Crippen molar-refractivity contribution in [2.45, 2.75) is 14.9 Å². The Morgan fingerprint density at radius 3 is 0.714 bits per heavy atom. The molecule has 0 aromatic heterocycles. The summed E-state index contributed by atoms with van der Waals surface area (Å²) in [7, 11) is 16.9. The Hall–Kier alpha value is 1.70. The Labute approximate surface area is 64.2 Å². The molecule has 48 valence electrons. The first-order valence-electron chi connectivity index (χ1n) is 0.756. The van der Waals surface area contributed by atoms with Crippen molar-refractivity contribution in [3.63, 3.8) is 0 Å². The van der Waals surface area contributed by atoms with Crippen molar-refractivity contribution in [3.05, 3.63) is 0 Å². The van der Waals surface area contributed by atoms with Crippen LogP contribution in [0.15, 0.2) is 0 Å². The van der Waals surface area contributed by atoms with Crippen molar-refractivity contribution < 1.29 is 0 Å². The van der Waals surface area contributed by atoms with Crippen molar-refractivity contribution in [2.24, 2.45) is 0 Å². The first-order chi connectivity index (χ1) is 2.00. The zero-order chi connectivity index (χ0) is 4.50. The number of rotatable bonds is 0. The predicted molar refractivity (Wildman–Crippen MR) is 42.6 cm³/mol. The van der Waals surface area contributed by atoms with Gasteiger partial charge in [-0.2, -0.15) is 0 Å². The Morgan fingerprint density at radius 2 is 0.714 bits per heavy atom. The molecule has 5 heteroatoms. The van der Waals surface area contributed by atoms with Crippen LogP contribution in [-0.4, -0.2) is 9.55 Å². The molecular weight excluding hydrogens is 238 g/mol. The van der Waals surface area contributed by atoms with Gasteiger partial charge >= 0.3 is 49.6 Å². The SMILES string of the molecule is C.C.[Cl][Ge]([Cl])([Cl])[Cl]. The van der Waals surface area contributed by atoms with E-state index in [0.717, 1.165) is 0 Å². The van der Waals surface area contributed by atoms with E-state index in [1.165, 1.54) is 0 Å². The van der Waals surface area contributed by atoms with Crippen molar-refractivity contribution >= 4 is 49.6 Å². The fraction of sp³-hybridized carbons (Fsp3) is 1.00. The fourth-order valence-corrected chi connectivity index (χ4v) is 0. The minimum atomic E-state index is -3.11. The molecule has 0 atom stereocenters. The van der Waals surface area contributed by atoms with Gasteiger partial charge in [-0.3, -0.25) is 0 Å². The minimum absolute atomic E-state index is 0. The molecule has 0 saturated heterocycles. The molecule has 0 rings (SSSR count). The molecule has 0 nitrogen and oxygen atoms in total. The molecule has 0 aliphatic rings. The van der Waals surface area contributed by atoms with E-state index in [-0.39, 0.29) is 14.9 Å². The molecule has 0 N–H and O–H groups in total. The van der Waals surface area contributed by atoms with Gasteiger partial charge in [0.15, 0.2) is 0 Å². The predicted octanol–water partition coefficient (Wildman–Crippen LogP) is 3.65. The Kier molecular flexibility index (Phi) is 13.2. The second-order valence-corrected chi connectivity index (χ2v) is 20.0. The normalized spacial score (nSPS) is 8.57. The Balaban J connectivity index is -0.0000000800. The van der Waals surface area contributed by atoms with Gasteiger partial charge in [-0.25, -0.2) is 0 Å². The number of hydrogen-bond donors (Lipinski definition) is 0. The first-order valence-corrected chi connectivity index (χ1v) is 11.8. The first kappa shape index (κ1) is 15.9. The Bertz CT molecular complexity index is 25.2. The van der Waals surface area contributed by atoms with Crippen LogP contribution in [0.1, 0.15) is 14.9 Å². The fourth-order valence-electron chi connectivity index (χ4n) is 0. The van der Waals surface area contributed by atoms with E-state index in [4.69, 9.17) is 40.0 Å². The van der Waals surface area contributed by atoms with Gasteiger partial charge in [-0.15, -0.1) is 0 Å². The van der Waals surface area contributed by atoms with E-state index in [9.17, 15) is 0 Å². The van der Waals surface area contributed by atoms with Gasteiger partial charge in [-0.1, -0.05) is 14.9 Å². The molecule has 0 unspecified atom stereocenters. The molecule has 0 amide bonds. The quantitative estimate of drug-likeness (QED) is 0.572. The summed E-state index contributed by atoms with van der Waals surface area (Å²) in [6.07, 6.45) is 0. The van der Waals surface area contributed by atoms with Crippen molar-refractivity contribution in [1.29, 1.82) is 0 Å². The van der Waals surface area contributed by atoms with Gasteiger partial charge in [0, 0.05) is 0 Å². The van der Waals surface area contributed by atoms with Crippen LogP contribution >= 0.6 is 40.0 Å². The molecule has 7 heavy (non-hydrogen) atoms. The average molecular weight is 247 g/mol.